The molecule has 10 heteroatoms. The molecule has 1 heterocycles. The highest BCUT2D eigenvalue weighted by Gasteiger charge is 2.20. The van der Waals surface area contributed by atoms with Crippen LogP contribution in [0.3, 0.4) is 0 Å². The monoisotopic (exact) mass is 429 g/mol. The van der Waals surface area contributed by atoms with Crippen molar-refractivity contribution >= 4 is 28.3 Å². The van der Waals surface area contributed by atoms with Crippen LogP contribution in [0.2, 0.25) is 0 Å². The van der Waals surface area contributed by atoms with Crippen LogP contribution in [0.15, 0.2) is 41.6 Å². The van der Waals surface area contributed by atoms with Gasteiger partial charge in [-0.1, -0.05) is 30.3 Å². The average molecular weight is 430 g/mol. The van der Waals surface area contributed by atoms with Crippen LogP contribution in [0.5, 0.6) is 0 Å². The molecule has 1 amide bonds. The lowest BCUT2D eigenvalue weighted by Crippen LogP contribution is -2.35. The first kappa shape index (κ1) is 24.1. The van der Waals surface area contributed by atoms with Gasteiger partial charge in [0.1, 0.15) is 5.82 Å². The van der Waals surface area contributed by atoms with Gasteiger partial charge in [0.15, 0.2) is 5.03 Å². The predicted molar refractivity (Wildman–Crippen MR) is 111 cm³/mol. The smallest absolute Gasteiger partial charge is 0.259 e. The van der Waals surface area contributed by atoms with Crippen molar-refractivity contribution in [3.05, 3.63) is 47.9 Å². The summed E-state index contributed by atoms with van der Waals surface area (Å²) in [4.78, 5) is 18.3. The molecule has 0 aliphatic heterocycles. The first-order valence-electron chi connectivity index (χ1n) is 8.85. The largest absolute Gasteiger partial charge is 0.338 e. The van der Waals surface area contributed by atoms with Crippen molar-refractivity contribution in [1.82, 2.24) is 19.2 Å². The number of benzene rings is 1. The summed E-state index contributed by atoms with van der Waals surface area (Å²) >= 11 is 0. The number of imidazole rings is 1. The van der Waals surface area contributed by atoms with E-state index >= 15 is 0 Å². The summed E-state index contributed by atoms with van der Waals surface area (Å²) in [5, 5.41) is -0.0424. The fourth-order valence-electron chi connectivity index (χ4n) is 2.56. The number of hydrogen-bond acceptors (Lipinski definition) is 5. The molecule has 0 spiro atoms. The van der Waals surface area contributed by atoms with Gasteiger partial charge in [-0.15, -0.1) is 12.4 Å². The molecule has 0 aliphatic rings. The Kier molecular flexibility index (Phi) is 9.60. The fraction of sp³-hybridized carbons (Fsp3) is 0.444. The van der Waals surface area contributed by atoms with E-state index in [1.54, 1.807) is 23.4 Å². The van der Waals surface area contributed by atoms with E-state index in [4.69, 9.17) is 5.73 Å². The van der Waals surface area contributed by atoms with E-state index < -0.39 is 10.0 Å². The van der Waals surface area contributed by atoms with Gasteiger partial charge in [0.2, 0.25) is 5.91 Å². The number of nitrogens with zero attached hydrogens (tertiary/aromatic N) is 3. The summed E-state index contributed by atoms with van der Waals surface area (Å²) in [7, 11) is -2.01. The van der Waals surface area contributed by atoms with Gasteiger partial charge in [-0.2, -0.15) is 0 Å². The number of aromatic nitrogens is 2. The van der Waals surface area contributed by atoms with Crippen LogP contribution in [-0.2, 0) is 28.4 Å². The molecule has 2 rings (SSSR count). The molecule has 0 saturated carbocycles. The van der Waals surface area contributed by atoms with Gasteiger partial charge in [-0.25, -0.2) is 18.1 Å². The third-order valence-electron chi connectivity index (χ3n) is 4.19. The predicted octanol–water partition coefficient (Wildman–Crippen LogP) is 1.20. The van der Waals surface area contributed by atoms with Crippen LogP contribution >= 0.6 is 12.4 Å². The summed E-state index contributed by atoms with van der Waals surface area (Å²) in [6.45, 7) is 3.25. The molecule has 0 aliphatic carbocycles. The van der Waals surface area contributed by atoms with Crippen LogP contribution in [0.1, 0.15) is 24.2 Å². The lowest BCUT2D eigenvalue weighted by Gasteiger charge is -2.23. The highest BCUT2D eigenvalue weighted by atomic mass is 35.5. The van der Waals surface area contributed by atoms with Crippen molar-refractivity contribution in [2.24, 2.45) is 12.8 Å². The number of halogens is 1. The van der Waals surface area contributed by atoms with Gasteiger partial charge in [0.05, 0.1) is 0 Å². The molecule has 0 unspecified atom stereocenters. The Morgan fingerprint density at radius 2 is 1.96 bits per heavy atom. The lowest BCUT2D eigenvalue weighted by molar-refractivity contribution is -0.131. The molecule has 2 aromatic rings. The fourth-order valence-corrected chi connectivity index (χ4v) is 3.63. The molecule has 0 radical (unpaired) electrons. The van der Waals surface area contributed by atoms with E-state index in [0.717, 1.165) is 5.56 Å². The summed E-state index contributed by atoms with van der Waals surface area (Å²) < 4.78 is 28.6. The summed E-state index contributed by atoms with van der Waals surface area (Å²) in [6, 6.07) is 9.67. The molecule has 8 nitrogen and oxygen atoms in total. The Labute approximate surface area is 172 Å². The standard InChI is InChI=1S/C18H27N5O3S.ClH/c1-15-21-17(14-22(15)2)27(25,26)20-11-9-18(24)23(12-6-10-19)13-16-7-4-3-5-8-16;/h3-5,7-8,14,20H,6,9-13,19H2,1-2H3;1H. The van der Waals surface area contributed by atoms with Crippen molar-refractivity contribution in [1.29, 1.82) is 0 Å². The van der Waals surface area contributed by atoms with Gasteiger partial charge >= 0.3 is 0 Å². The van der Waals surface area contributed by atoms with E-state index in [9.17, 15) is 13.2 Å². The number of aryl methyl sites for hydroxylation is 2. The quantitative estimate of drug-likeness (QED) is 0.589. The molecular formula is C18H28ClN5O3S. The van der Waals surface area contributed by atoms with E-state index in [2.05, 4.69) is 9.71 Å². The van der Waals surface area contributed by atoms with E-state index in [0.29, 0.717) is 31.9 Å². The molecule has 0 atom stereocenters. The number of hydrogen-bond donors (Lipinski definition) is 2. The van der Waals surface area contributed by atoms with Crippen LogP contribution in [0.4, 0.5) is 0 Å². The number of carbonyl (C=O) groups is 1. The molecule has 0 bridgehead atoms. The van der Waals surface area contributed by atoms with Crippen molar-refractivity contribution in [3.8, 4) is 0 Å². The first-order valence-corrected chi connectivity index (χ1v) is 10.3. The molecule has 1 aromatic carbocycles. The highest BCUT2D eigenvalue weighted by molar-refractivity contribution is 7.89. The highest BCUT2D eigenvalue weighted by Crippen LogP contribution is 2.09. The second-order valence-electron chi connectivity index (χ2n) is 6.33. The third-order valence-corrected chi connectivity index (χ3v) is 5.53. The molecule has 1 aromatic heterocycles. The topological polar surface area (TPSA) is 110 Å². The van der Waals surface area contributed by atoms with Crippen molar-refractivity contribution in [2.45, 2.75) is 31.3 Å². The van der Waals surface area contributed by atoms with Gasteiger partial charge in [0, 0.05) is 39.3 Å². The number of rotatable bonds is 10. The minimum atomic E-state index is -3.73. The Balaban J connectivity index is 0.00000392. The van der Waals surface area contributed by atoms with Gasteiger partial charge < -0.3 is 15.2 Å². The van der Waals surface area contributed by atoms with E-state index in [1.807, 2.05) is 30.3 Å². The SMILES string of the molecule is Cc1nc(S(=O)(=O)NCCC(=O)N(CCCN)Cc2ccccc2)cn1C.Cl. The second-order valence-corrected chi connectivity index (χ2v) is 8.04. The van der Waals surface area contributed by atoms with Gasteiger partial charge in [-0.05, 0) is 25.5 Å². The Morgan fingerprint density at radius 1 is 1.29 bits per heavy atom. The van der Waals surface area contributed by atoms with Crippen LogP contribution in [0, 0.1) is 6.92 Å². The zero-order chi connectivity index (χ0) is 19.9. The van der Waals surface area contributed by atoms with Crippen molar-refractivity contribution < 1.29 is 13.2 Å². The molecule has 0 fully saturated rings. The van der Waals surface area contributed by atoms with Gasteiger partial charge in [0.25, 0.3) is 10.0 Å². The van der Waals surface area contributed by atoms with Crippen molar-refractivity contribution in [3.63, 3.8) is 0 Å². The Bertz CT molecular complexity index is 836. The molecule has 156 valence electrons. The number of nitrogens with one attached hydrogen (secondary N) is 1. The van der Waals surface area contributed by atoms with Crippen molar-refractivity contribution in [2.75, 3.05) is 19.6 Å². The maximum Gasteiger partial charge on any atom is 0.259 e. The lowest BCUT2D eigenvalue weighted by atomic mass is 10.2. The summed E-state index contributed by atoms with van der Waals surface area (Å²) in [5.41, 5.74) is 6.59. The molecule has 0 saturated heterocycles. The zero-order valence-electron chi connectivity index (χ0n) is 16.2. The Hall–Kier alpha value is -1.94. The maximum absolute atomic E-state index is 12.6. The third kappa shape index (κ3) is 6.90. The normalized spacial score (nSPS) is 11.1. The van der Waals surface area contributed by atoms with E-state index in [1.165, 1.54) is 6.20 Å². The number of amides is 1. The van der Waals surface area contributed by atoms with E-state index in [-0.39, 0.29) is 36.3 Å². The van der Waals surface area contributed by atoms with Crippen LogP contribution in [0.25, 0.3) is 0 Å². The summed E-state index contributed by atoms with van der Waals surface area (Å²) in [5.74, 6) is 0.481. The van der Waals surface area contributed by atoms with Gasteiger partial charge in [-0.3, -0.25) is 4.79 Å². The molecule has 3 N–H and O–H groups in total. The number of carbonyl (C=O) groups excluding carboxylic acids is 1. The minimum Gasteiger partial charge on any atom is -0.338 e. The summed E-state index contributed by atoms with van der Waals surface area (Å²) in [6.07, 6.45) is 2.21. The average Bonchev–Trinajstić information content (AvgIpc) is 2.99. The first-order chi connectivity index (χ1) is 12.8. The maximum atomic E-state index is 12.6. The number of sulfonamides is 1. The zero-order valence-corrected chi connectivity index (χ0v) is 17.8. The molecule has 28 heavy (non-hydrogen) atoms. The number of nitrogens with two attached hydrogens (primary N) is 1. The Morgan fingerprint density at radius 3 is 2.54 bits per heavy atom. The van der Waals surface area contributed by atoms with Crippen LogP contribution in [-0.4, -0.2) is 48.4 Å². The van der Waals surface area contributed by atoms with Crippen LogP contribution < -0.4 is 10.5 Å². The second kappa shape index (κ2) is 11.2. The molecular weight excluding hydrogens is 402 g/mol. The minimum absolute atomic E-state index is 0.